The van der Waals surface area contributed by atoms with Crippen LogP contribution in [-0.4, -0.2) is 24.4 Å². The topological polar surface area (TPSA) is 98.2 Å². The zero-order valence-corrected chi connectivity index (χ0v) is 8.58. The normalized spacial score (nSPS) is 12.1. The Morgan fingerprint density at radius 2 is 2.00 bits per heavy atom. The summed E-state index contributed by atoms with van der Waals surface area (Å²) in [6.07, 6.45) is 2.57. The minimum Gasteiger partial charge on any atom is -0.368 e. The Labute approximate surface area is 84.2 Å². The van der Waals surface area contributed by atoms with Gasteiger partial charge in [-0.25, -0.2) is 0 Å². The van der Waals surface area contributed by atoms with Crippen molar-refractivity contribution in [2.75, 3.05) is 6.54 Å². The van der Waals surface area contributed by atoms with Crippen LogP contribution in [0, 0.1) is 0 Å². The molecule has 0 radical (unpaired) electrons. The van der Waals surface area contributed by atoms with E-state index in [2.05, 4.69) is 5.32 Å². The maximum atomic E-state index is 11.0. The molecule has 14 heavy (non-hydrogen) atoms. The van der Waals surface area contributed by atoms with Gasteiger partial charge in [-0.15, -0.1) is 0 Å². The second kappa shape index (κ2) is 7.32. The quantitative estimate of drug-likeness (QED) is 0.484. The third-order valence-corrected chi connectivity index (χ3v) is 1.95. The van der Waals surface area contributed by atoms with Gasteiger partial charge in [-0.1, -0.05) is 6.92 Å². The van der Waals surface area contributed by atoms with Crippen molar-refractivity contribution < 1.29 is 9.59 Å². The summed E-state index contributed by atoms with van der Waals surface area (Å²) in [4.78, 5) is 21.9. The molecule has 0 saturated carbocycles. The van der Waals surface area contributed by atoms with Crippen LogP contribution in [-0.2, 0) is 9.59 Å². The number of nitrogens with one attached hydrogen (secondary N) is 1. The first-order valence-corrected chi connectivity index (χ1v) is 4.90. The largest absolute Gasteiger partial charge is 0.368 e. The Balaban J connectivity index is 3.90. The van der Waals surface area contributed by atoms with Gasteiger partial charge in [0, 0.05) is 6.42 Å². The van der Waals surface area contributed by atoms with Gasteiger partial charge in [-0.3, -0.25) is 9.59 Å². The van der Waals surface area contributed by atoms with Gasteiger partial charge >= 0.3 is 0 Å². The number of carbonyl (C=O) groups is 2. The highest BCUT2D eigenvalue weighted by Gasteiger charge is 2.15. The van der Waals surface area contributed by atoms with Gasteiger partial charge in [0.25, 0.3) is 0 Å². The van der Waals surface area contributed by atoms with Crippen LogP contribution >= 0.6 is 0 Å². The van der Waals surface area contributed by atoms with Gasteiger partial charge in [-0.2, -0.15) is 0 Å². The summed E-state index contributed by atoms with van der Waals surface area (Å²) >= 11 is 0. The molecule has 5 nitrogen and oxygen atoms in total. The average molecular weight is 201 g/mol. The second-order valence-electron chi connectivity index (χ2n) is 3.16. The fourth-order valence-corrected chi connectivity index (χ4v) is 1.07. The summed E-state index contributed by atoms with van der Waals surface area (Å²) in [5.41, 5.74) is 10.5. The Bertz CT molecular complexity index is 194. The molecule has 0 aliphatic heterocycles. The highest BCUT2D eigenvalue weighted by atomic mass is 16.2. The van der Waals surface area contributed by atoms with Crippen LogP contribution in [0.25, 0.3) is 0 Å². The number of unbranched alkanes of at least 4 members (excludes halogenated alkanes) is 1. The molecule has 5 N–H and O–H groups in total. The third-order valence-electron chi connectivity index (χ3n) is 1.95. The fourth-order valence-electron chi connectivity index (χ4n) is 1.07. The molecule has 1 atom stereocenters. The van der Waals surface area contributed by atoms with Crippen LogP contribution in [0.3, 0.4) is 0 Å². The Morgan fingerprint density at radius 1 is 1.36 bits per heavy atom. The fraction of sp³-hybridized carbons (Fsp3) is 0.778. The molecule has 0 aromatic rings. The highest BCUT2D eigenvalue weighted by molar-refractivity contribution is 5.86. The van der Waals surface area contributed by atoms with E-state index in [0.717, 1.165) is 12.8 Å². The molecule has 0 rings (SSSR count). The number of hydrogen-bond donors (Lipinski definition) is 3. The molecule has 2 amide bonds. The van der Waals surface area contributed by atoms with Crippen LogP contribution in [0.2, 0.25) is 0 Å². The zero-order chi connectivity index (χ0) is 11.0. The minimum atomic E-state index is -0.547. The van der Waals surface area contributed by atoms with Crippen molar-refractivity contribution >= 4 is 11.8 Å². The highest BCUT2D eigenvalue weighted by Crippen LogP contribution is 2.00. The van der Waals surface area contributed by atoms with Crippen LogP contribution in [0.1, 0.15) is 32.6 Å². The van der Waals surface area contributed by atoms with Crippen molar-refractivity contribution in [2.24, 2.45) is 11.5 Å². The first kappa shape index (κ1) is 12.9. The summed E-state index contributed by atoms with van der Waals surface area (Å²) in [6.45, 7) is 2.32. The first-order chi connectivity index (χ1) is 6.61. The van der Waals surface area contributed by atoms with Gasteiger partial charge in [0.1, 0.15) is 6.04 Å². The maximum absolute atomic E-state index is 11.0. The predicted octanol–water partition coefficient (Wildman–Crippen LogP) is -0.504. The number of rotatable bonds is 7. The van der Waals surface area contributed by atoms with E-state index in [1.165, 1.54) is 0 Å². The molecule has 0 aromatic carbocycles. The van der Waals surface area contributed by atoms with Gasteiger partial charge in [0.05, 0.1) is 0 Å². The molecule has 0 saturated heterocycles. The number of amides is 2. The lowest BCUT2D eigenvalue weighted by Crippen LogP contribution is -2.44. The van der Waals surface area contributed by atoms with Crippen molar-refractivity contribution in [3.05, 3.63) is 0 Å². The summed E-state index contributed by atoms with van der Waals surface area (Å²) in [6, 6.07) is -0.547. The molecular formula is C9H19N3O2. The number of primary amides is 1. The Morgan fingerprint density at radius 3 is 2.43 bits per heavy atom. The van der Waals surface area contributed by atoms with E-state index in [4.69, 9.17) is 11.5 Å². The molecule has 5 heteroatoms. The van der Waals surface area contributed by atoms with E-state index < -0.39 is 11.9 Å². The van der Waals surface area contributed by atoms with Crippen LogP contribution in [0.4, 0.5) is 0 Å². The van der Waals surface area contributed by atoms with Crippen molar-refractivity contribution in [2.45, 2.75) is 38.6 Å². The smallest absolute Gasteiger partial charge is 0.239 e. The molecular weight excluding hydrogens is 182 g/mol. The maximum Gasteiger partial charge on any atom is 0.239 e. The molecule has 0 fully saturated rings. The second-order valence-corrected chi connectivity index (χ2v) is 3.16. The van der Waals surface area contributed by atoms with Gasteiger partial charge in [0.15, 0.2) is 0 Å². The molecule has 0 heterocycles. The van der Waals surface area contributed by atoms with E-state index >= 15 is 0 Å². The Hall–Kier alpha value is -1.10. The zero-order valence-electron chi connectivity index (χ0n) is 8.58. The lowest BCUT2D eigenvalue weighted by Gasteiger charge is -2.14. The number of carbonyl (C=O) groups excluding carboxylic acids is 2. The van der Waals surface area contributed by atoms with Crippen molar-refractivity contribution in [3.8, 4) is 0 Å². The first-order valence-electron chi connectivity index (χ1n) is 4.90. The van der Waals surface area contributed by atoms with Gasteiger partial charge in [-0.05, 0) is 25.8 Å². The lowest BCUT2D eigenvalue weighted by molar-refractivity contribution is -0.127. The monoisotopic (exact) mass is 201 g/mol. The number of hydrogen-bond acceptors (Lipinski definition) is 3. The molecule has 1 unspecified atom stereocenters. The lowest BCUT2D eigenvalue weighted by atomic mass is 10.1. The standard InChI is InChI=1S/C9H19N3O2/c1-2-8(13)12-7(9(11)14)5-3-4-6-10/h7H,2-6,10H2,1H3,(H2,11,14)(H,12,13). The van der Waals surface area contributed by atoms with Gasteiger partial charge < -0.3 is 16.8 Å². The average Bonchev–Trinajstić information content (AvgIpc) is 2.16. The van der Waals surface area contributed by atoms with Crippen molar-refractivity contribution in [1.82, 2.24) is 5.32 Å². The SMILES string of the molecule is CCC(=O)NC(CCCCN)C(N)=O. The summed E-state index contributed by atoms with van der Waals surface area (Å²) < 4.78 is 0. The third kappa shape index (κ3) is 5.53. The van der Waals surface area contributed by atoms with E-state index in [-0.39, 0.29) is 5.91 Å². The van der Waals surface area contributed by atoms with E-state index in [9.17, 15) is 9.59 Å². The van der Waals surface area contributed by atoms with Crippen LogP contribution in [0.15, 0.2) is 0 Å². The summed E-state index contributed by atoms with van der Waals surface area (Å²) in [5.74, 6) is -0.634. The molecule has 82 valence electrons. The molecule has 0 bridgehead atoms. The summed E-state index contributed by atoms with van der Waals surface area (Å²) in [7, 11) is 0. The molecule has 0 spiro atoms. The van der Waals surface area contributed by atoms with Crippen LogP contribution < -0.4 is 16.8 Å². The van der Waals surface area contributed by atoms with Gasteiger partial charge in [0.2, 0.25) is 11.8 Å². The molecule has 0 aromatic heterocycles. The summed E-state index contributed by atoms with van der Waals surface area (Å²) in [5, 5.41) is 2.57. The molecule has 0 aliphatic rings. The van der Waals surface area contributed by atoms with E-state index in [1.807, 2.05) is 0 Å². The van der Waals surface area contributed by atoms with Crippen molar-refractivity contribution in [3.63, 3.8) is 0 Å². The predicted molar refractivity (Wildman–Crippen MR) is 54.3 cm³/mol. The van der Waals surface area contributed by atoms with Crippen molar-refractivity contribution in [1.29, 1.82) is 0 Å². The molecule has 0 aliphatic carbocycles. The van der Waals surface area contributed by atoms with E-state index in [0.29, 0.717) is 19.4 Å². The van der Waals surface area contributed by atoms with E-state index in [1.54, 1.807) is 6.92 Å². The minimum absolute atomic E-state index is 0.151. The van der Waals surface area contributed by atoms with Crippen LogP contribution in [0.5, 0.6) is 0 Å². The number of nitrogens with two attached hydrogens (primary N) is 2. The Kier molecular flexibility index (Phi) is 6.74.